The van der Waals surface area contributed by atoms with E-state index in [1.54, 1.807) is 72.8 Å². The highest BCUT2D eigenvalue weighted by atomic mass is 16.5. The summed E-state index contributed by atoms with van der Waals surface area (Å²) < 4.78 is 11.0. The maximum Gasteiger partial charge on any atom is 0.337 e. The fourth-order valence-corrected chi connectivity index (χ4v) is 5.70. The monoisotopic (exact) mass is 617 g/mol. The second-order valence-electron chi connectivity index (χ2n) is 11.1. The first-order valence-electron chi connectivity index (χ1n) is 14.2. The van der Waals surface area contributed by atoms with Gasteiger partial charge in [-0.2, -0.15) is 0 Å². The van der Waals surface area contributed by atoms with Gasteiger partial charge in [0.15, 0.2) is 11.4 Å². The van der Waals surface area contributed by atoms with E-state index in [1.807, 2.05) is 19.0 Å². The summed E-state index contributed by atoms with van der Waals surface area (Å²) in [5.74, 6) is -7.86. The van der Waals surface area contributed by atoms with E-state index in [0.717, 1.165) is 0 Å². The van der Waals surface area contributed by atoms with Crippen LogP contribution in [0, 0.1) is 5.92 Å². The largest absolute Gasteiger partial charge is 0.497 e. The molecule has 1 aliphatic carbocycles. The van der Waals surface area contributed by atoms with Gasteiger partial charge < -0.3 is 34.8 Å². The van der Waals surface area contributed by atoms with Gasteiger partial charge in [-0.15, -0.1) is 0 Å². The van der Waals surface area contributed by atoms with E-state index in [9.17, 15) is 39.6 Å². The van der Waals surface area contributed by atoms with E-state index in [0.29, 0.717) is 52.5 Å². The Hall–Kier alpha value is -5.00. The van der Waals surface area contributed by atoms with Gasteiger partial charge in [0.1, 0.15) is 24.0 Å². The Bertz CT molecular complexity index is 1610. The van der Waals surface area contributed by atoms with Gasteiger partial charge in [-0.3, -0.25) is 14.4 Å². The first kappa shape index (κ1) is 32.9. The van der Waals surface area contributed by atoms with E-state index in [1.165, 1.54) is 7.11 Å². The van der Waals surface area contributed by atoms with Crippen LogP contribution in [-0.2, 0) is 14.4 Å². The van der Waals surface area contributed by atoms with Gasteiger partial charge in [0.25, 0.3) is 0 Å². The zero-order chi connectivity index (χ0) is 32.9. The summed E-state index contributed by atoms with van der Waals surface area (Å²) in [4.78, 5) is 52.9. The highest BCUT2D eigenvalue weighted by Crippen LogP contribution is 2.50. The number of aliphatic carboxylic acids is 3. The number of Topliss-reactive ketones (excluding diaryl/α,β-unsaturated/α-hetero) is 1. The number of fused-ring (bicyclic) bond motifs is 1. The number of likely N-dealkylation sites (N-methyl/N-ethyl adjacent to an activating group) is 1. The third kappa shape index (κ3) is 7.05. The molecule has 3 aromatic rings. The number of hydrogen-bond acceptors (Lipinski definition) is 8. The molecule has 236 valence electrons. The average Bonchev–Trinajstić information content (AvgIpc) is 3.00. The molecule has 0 bridgehead atoms. The summed E-state index contributed by atoms with van der Waals surface area (Å²) >= 11 is 0. The predicted octanol–water partition coefficient (Wildman–Crippen LogP) is 3.91. The Morgan fingerprint density at radius 3 is 2.09 bits per heavy atom. The molecule has 11 nitrogen and oxygen atoms in total. The number of ether oxygens (including phenoxy) is 2. The highest BCUT2D eigenvalue weighted by Gasteiger charge is 2.55. The molecule has 0 saturated carbocycles. The van der Waals surface area contributed by atoms with Crippen LogP contribution in [-0.4, -0.2) is 89.0 Å². The molecule has 0 aromatic heterocycles. The second-order valence-corrected chi connectivity index (χ2v) is 11.1. The number of carbonyl (C=O) groups excluding carboxylic acids is 1. The lowest BCUT2D eigenvalue weighted by Gasteiger charge is -2.38. The fraction of sp³-hybridized carbons (Fsp3) is 0.294. The molecular formula is C34H35NO10. The summed E-state index contributed by atoms with van der Waals surface area (Å²) in [6.07, 6.45) is -1.52. The van der Waals surface area contributed by atoms with Crippen LogP contribution in [0.25, 0.3) is 11.1 Å². The number of nitrogens with zero attached hydrogens (tertiary/aromatic N) is 1. The van der Waals surface area contributed by atoms with E-state index in [4.69, 9.17) is 9.47 Å². The standard InChI is InChI=1S/C34H35NO10/c1-35(2)16-17-45-23-14-10-21(11-15-23)31(38)29-25-7-5-4-6-24(25)27(18-26(29)20-8-12-22(44-3)13-9-20)30(32(39)40)34(43,33(41)42)19-28(36)37/h4-15,27,30,43H,16-19H2,1-3H3,(H,36,37)(H,39,40)(H,41,42). The minimum Gasteiger partial charge on any atom is -0.497 e. The van der Waals surface area contributed by atoms with E-state index in [-0.39, 0.29) is 17.8 Å². The maximum atomic E-state index is 14.3. The SMILES string of the molecule is COc1ccc(C2=C(C(=O)c3ccc(OCCN(C)C)cc3)c3ccccc3C(C(C(=O)O)C(O)(CC(=O)O)C(=O)O)C2)cc1. The fourth-order valence-electron chi connectivity index (χ4n) is 5.70. The number of allylic oxidation sites excluding steroid dienone is 2. The van der Waals surface area contributed by atoms with Crippen LogP contribution in [0.1, 0.15) is 45.8 Å². The number of methoxy groups -OCH3 is 1. The van der Waals surface area contributed by atoms with Crippen LogP contribution in [0.5, 0.6) is 11.5 Å². The van der Waals surface area contributed by atoms with Crippen molar-refractivity contribution >= 4 is 34.8 Å². The van der Waals surface area contributed by atoms with E-state index in [2.05, 4.69) is 0 Å². The zero-order valence-corrected chi connectivity index (χ0v) is 25.1. The van der Waals surface area contributed by atoms with Gasteiger partial charge in [0.2, 0.25) is 0 Å². The Morgan fingerprint density at radius 2 is 1.53 bits per heavy atom. The number of hydrogen-bond donors (Lipinski definition) is 4. The molecule has 0 spiro atoms. The maximum absolute atomic E-state index is 14.3. The van der Waals surface area contributed by atoms with Crippen LogP contribution in [0.2, 0.25) is 0 Å². The molecule has 3 aromatic carbocycles. The van der Waals surface area contributed by atoms with Crippen LogP contribution >= 0.6 is 0 Å². The van der Waals surface area contributed by atoms with Crippen molar-refractivity contribution in [2.45, 2.75) is 24.4 Å². The lowest BCUT2D eigenvalue weighted by atomic mass is 9.65. The van der Waals surface area contributed by atoms with Crippen molar-refractivity contribution in [2.24, 2.45) is 5.92 Å². The number of ketones is 1. The van der Waals surface area contributed by atoms with E-state index >= 15 is 0 Å². The molecule has 3 atom stereocenters. The topological polar surface area (TPSA) is 171 Å². The summed E-state index contributed by atoms with van der Waals surface area (Å²) in [6.45, 7) is 1.16. The van der Waals surface area contributed by atoms with Crippen LogP contribution in [0.3, 0.4) is 0 Å². The van der Waals surface area contributed by atoms with Crippen LogP contribution < -0.4 is 9.47 Å². The first-order chi connectivity index (χ1) is 21.4. The van der Waals surface area contributed by atoms with Crippen LogP contribution in [0.4, 0.5) is 0 Å². The molecule has 4 rings (SSSR count). The Balaban J connectivity index is 1.89. The molecule has 0 saturated heterocycles. The summed E-state index contributed by atoms with van der Waals surface area (Å²) in [5, 5.41) is 40.9. The average molecular weight is 618 g/mol. The van der Waals surface area contributed by atoms with Crippen LogP contribution in [0.15, 0.2) is 72.8 Å². The molecule has 1 aliphatic rings. The number of rotatable bonds is 14. The second kappa shape index (κ2) is 13.7. The number of carboxylic acids is 3. The van der Waals surface area contributed by atoms with Gasteiger partial charge in [0, 0.05) is 23.6 Å². The molecule has 0 amide bonds. The summed E-state index contributed by atoms with van der Waals surface area (Å²) in [5.41, 5.74) is -0.925. The van der Waals surface area contributed by atoms with Crippen molar-refractivity contribution in [2.75, 3.05) is 34.4 Å². The number of carbonyl (C=O) groups is 4. The zero-order valence-electron chi connectivity index (χ0n) is 25.1. The van der Waals surface area contributed by atoms with Crippen molar-refractivity contribution in [1.29, 1.82) is 0 Å². The number of carboxylic acid groups (broad SMARTS) is 3. The summed E-state index contributed by atoms with van der Waals surface area (Å²) in [6, 6.07) is 19.9. The third-order valence-corrected chi connectivity index (χ3v) is 7.92. The predicted molar refractivity (Wildman–Crippen MR) is 164 cm³/mol. The first-order valence-corrected chi connectivity index (χ1v) is 14.2. The van der Waals surface area contributed by atoms with Crippen molar-refractivity contribution in [1.82, 2.24) is 4.90 Å². The van der Waals surface area contributed by atoms with Crippen molar-refractivity contribution in [3.8, 4) is 11.5 Å². The molecule has 4 N–H and O–H groups in total. The third-order valence-electron chi connectivity index (χ3n) is 7.92. The molecule has 0 aliphatic heterocycles. The molecule has 0 heterocycles. The molecule has 45 heavy (non-hydrogen) atoms. The normalized spacial score (nSPS) is 16.3. The summed E-state index contributed by atoms with van der Waals surface area (Å²) in [7, 11) is 5.36. The van der Waals surface area contributed by atoms with Crippen molar-refractivity contribution in [3.05, 3.63) is 95.1 Å². The van der Waals surface area contributed by atoms with Gasteiger partial charge in [0.05, 0.1) is 13.5 Å². The number of benzene rings is 3. The van der Waals surface area contributed by atoms with E-state index < -0.39 is 41.8 Å². The lowest BCUT2D eigenvalue weighted by Crippen LogP contribution is -2.53. The Kier molecular flexibility index (Phi) is 10.1. The molecular weight excluding hydrogens is 582 g/mol. The van der Waals surface area contributed by atoms with Crippen molar-refractivity contribution < 1.29 is 49.1 Å². The van der Waals surface area contributed by atoms with Gasteiger partial charge in [-0.25, -0.2) is 4.79 Å². The smallest absolute Gasteiger partial charge is 0.337 e. The van der Waals surface area contributed by atoms with Gasteiger partial charge in [-0.1, -0.05) is 36.4 Å². The molecule has 3 unspecified atom stereocenters. The molecule has 0 fully saturated rings. The van der Waals surface area contributed by atoms with Gasteiger partial charge in [-0.05, 0) is 79.2 Å². The minimum atomic E-state index is -3.15. The van der Waals surface area contributed by atoms with Crippen molar-refractivity contribution in [3.63, 3.8) is 0 Å². The number of aliphatic hydroxyl groups is 1. The molecule has 0 radical (unpaired) electrons. The highest BCUT2D eigenvalue weighted by molar-refractivity contribution is 6.35. The Labute approximate surface area is 259 Å². The molecule has 11 heteroatoms. The Morgan fingerprint density at radius 1 is 0.911 bits per heavy atom. The lowest BCUT2D eigenvalue weighted by molar-refractivity contribution is -0.180. The van der Waals surface area contributed by atoms with Gasteiger partial charge >= 0.3 is 17.9 Å². The minimum absolute atomic E-state index is 0.178. The quantitative estimate of drug-likeness (QED) is 0.193.